The number of hydrogen-bond donors (Lipinski definition) is 2. The predicted octanol–water partition coefficient (Wildman–Crippen LogP) is 3.44. The van der Waals surface area contributed by atoms with Gasteiger partial charge in [0, 0.05) is 10.0 Å². The summed E-state index contributed by atoms with van der Waals surface area (Å²) in [5.74, 6) is 0.249. The molecular formula is C17H14BrN3O3. The second-order valence-corrected chi connectivity index (χ2v) is 6.09. The molecule has 1 aromatic heterocycles. The van der Waals surface area contributed by atoms with E-state index in [0.29, 0.717) is 16.2 Å². The molecule has 0 atom stereocenters. The molecule has 2 N–H and O–H groups in total. The largest absolute Gasteiger partial charge is 0.507 e. The highest BCUT2D eigenvalue weighted by atomic mass is 79.9. The molecule has 0 aliphatic heterocycles. The van der Waals surface area contributed by atoms with Crippen LogP contribution in [0.1, 0.15) is 21.7 Å². The number of nitrogens with one attached hydrogen (secondary N) is 1. The summed E-state index contributed by atoms with van der Waals surface area (Å²) in [5, 5.41) is 16.3. The maximum Gasteiger partial charge on any atom is 0.258 e. The van der Waals surface area contributed by atoms with Crippen molar-refractivity contribution < 1.29 is 14.4 Å². The summed E-state index contributed by atoms with van der Waals surface area (Å²) in [4.78, 5) is 16.4. The molecule has 1 heterocycles. The molecule has 1 amide bonds. The average molecular weight is 388 g/mol. The van der Waals surface area contributed by atoms with Crippen LogP contribution in [0.5, 0.6) is 5.75 Å². The second kappa shape index (κ2) is 6.84. The molecule has 3 rings (SSSR count). The smallest absolute Gasteiger partial charge is 0.258 e. The van der Waals surface area contributed by atoms with E-state index >= 15 is 0 Å². The first-order valence-corrected chi connectivity index (χ1v) is 7.99. The van der Waals surface area contributed by atoms with Crippen LogP contribution in [0.2, 0.25) is 0 Å². The van der Waals surface area contributed by atoms with Gasteiger partial charge < -0.3 is 14.9 Å². The van der Waals surface area contributed by atoms with Gasteiger partial charge in [0.25, 0.3) is 11.8 Å². The van der Waals surface area contributed by atoms with Gasteiger partial charge in [-0.3, -0.25) is 4.79 Å². The van der Waals surface area contributed by atoms with Crippen LogP contribution in [0.4, 0.5) is 0 Å². The number of carbonyl (C=O) groups excluding carboxylic acids is 1. The van der Waals surface area contributed by atoms with E-state index < -0.39 is 5.91 Å². The van der Waals surface area contributed by atoms with E-state index in [1.54, 1.807) is 12.1 Å². The molecule has 24 heavy (non-hydrogen) atoms. The Bertz CT molecular complexity index is 892. The molecule has 0 unspecified atom stereocenters. The van der Waals surface area contributed by atoms with Crippen molar-refractivity contribution in [3.8, 4) is 17.2 Å². The quantitative estimate of drug-likeness (QED) is 0.715. The Morgan fingerprint density at radius 1 is 1.29 bits per heavy atom. The van der Waals surface area contributed by atoms with E-state index in [-0.39, 0.29) is 17.9 Å². The lowest BCUT2D eigenvalue weighted by Crippen LogP contribution is -2.23. The molecule has 0 fully saturated rings. The summed E-state index contributed by atoms with van der Waals surface area (Å²) in [6.07, 6.45) is 0. The highest BCUT2D eigenvalue weighted by molar-refractivity contribution is 9.10. The van der Waals surface area contributed by atoms with Gasteiger partial charge in [-0.1, -0.05) is 39.3 Å². The lowest BCUT2D eigenvalue weighted by atomic mass is 10.1. The van der Waals surface area contributed by atoms with Crippen LogP contribution >= 0.6 is 15.9 Å². The van der Waals surface area contributed by atoms with E-state index in [4.69, 9.17) is 4.52 Å². The lowest BCUT2D eigenvalue weighted by Gasteiger charge is -2.05. The number of nitrogens with zero attached hydrogens (tertiary/aromatic N) is 2. The summed E-state index contributed by atoms with van der Waals surface area (Å²) in [5.41, 5.74) is 2.05. The number of aryl methyl sites for hydroxylation is 1. The van der Waals surface area contributed by atoms with Crippen molar-refractivity contribution in [3.63, 3.8) is 0 Å². The normalized spacial score (nSPS) is 10.6. The van der Waals surface area contributed by atoms with E-state index in [1.165, 1.54) is 6.07 Å². The van der Waals surface area contributed by atoms with E-state index in [2.05, 4.69) is 31.4 Å². The van der Waals surface area contributed by atoms with Gasteiger partial charge in [0.05, 0.1) is 12.1 Å². The van der Waals surface area contributed by atoms with Crippen LogP contribution < -0.4 is 5.32 Å². The number of carbonyl (C=O) groups is 1. The van der Waals surface area contributed by atoms with E-state index in [9.17, 15) is 9.90 Å². The van der Waals surface area contributed by atoms with E-state index in [1.807, 2.05) is 31.2 Å². The third-order valence-corrected chi connectivity index (χ3v) is 3.95. The maximum atomic E-state index is 12.1. The minimum absolute atomic E-state index is 0.0931. The summed E-state index contributed by atoms with van der Waals surface area (Å²) in [7, 11) is 0. The van der Waals surface area contributed by atoms with Crippen molar-refractivity contribution in [1.82, 2.24) is 15.5 Å². The van der Waals surface area contributed by atoms with Crippen LogP contribution in [0, 0.1) is 6.92 Å². The molecule has 0 radical (unpaired) electrons. The number of rotatable bonds is 4. The van der Waals surface area contributed by atoms with Gasteiger partial charge in [-0.05, 0) is 36.8 Å². The fourth-order valence-corrected chi connectivity index (χ4v) is 2.55. The number of benzene rings is 2. The summed E-state index contributed by atoms with van der Waals surface area (Å²) in [6, 6.07) is 12.3. The third kappa shape index (κ3) is 3.46. The molecule has 0 bridgehead atoms. The zero-order chi connectivity index (χ0) is 17.1. The molecule has 2 aromatic carbocycles. The Morgan fingerprint density at radius 3 is 2.88 bits per heavy atom. The third-order valence-electron chi connectivity index (χ3n) is 3.45. The first kappa shape index (κ1) is 16.2. The monoisotopic (exact) mass is 387 g/mol. The number of phenols is 1. The van der Waals surface area contributed by atoms with Gasteiger partial charge in [0.15, 0.2) is 5.82 Å². The van der Waals surface area contributed by atoms with Gasteiger partial charge in [-0.2, -0.15) is 4.98 Å². The highest BCUT2D eigenvalue weighted by Gasteiger charge is 2.14. The zero-order valence-electron chi connectivity index (χ0n) is 12.8. The Morgan fingerprint density at radius 2 is 2.08 bits per heavy atom. The summed E-state index contributed by atoms with van der Waals surface area (Å²) < 4.78 is 5.94. The van der Waals surface area contributed by atoms with Crippen molar-refractivity contribution in [2.24, 2.45) is 0 Å². The SMILES string of the molecule is Cc1ccccc1-c1nc(CNC(=O)c2cc(Br)ccc2O)no1. The predicted molar refractivity (Wildman–Crippen MR) is 91.4 cm³/mol. The van der Waals surface area contributed by atoms with Crippen molar-refractivity contribution in [1.29, 1.82) is 0 Å². The number of halogens is 1. The van der Waals surface area contributed by atoms with Gasteiger partial charge in [-0.25, -0.2) is 0 Å². The lowest BCUT2D eigenvalue weighted by molar-refractivity contribution is 0.0947. The number of aromatic hydroxyl groups is 1. The molecule has 0 saturated heterocycles. The molecule has 7 heteroatoms. The Kier molecular flexibility index (Phi) is 4.61. The van der Waals surface area contributed by atoms with Crippen LogP contribution in [0.15, 0.2) is 51.5 Å². The fourth-order valence-electron chi connectivity index (χ4n) is 2.19. The van der Waals surface area contributed by atoms with Crippen LogP contribution in [0.3, 0.4) is 0 Å². The fraction of sp³-hybridized carbons (Fsp3) is 0.118. The zero-order valence-corrected chi connectivity index (χ0v) is 14.4. The molecule has 122 valence electrons. The molecule has 6 nitrogen and oxygen atoms in total. The van der Waals surface area contributed by atoms with E-state index in [0.717, 1.165) is 11.1 Å². The first-order chi connectivity index (χ1) is 11.5. The summed E-state index contributed by atoms with van der Waals surface area (Å²) >= 11 is 3.27. The minimum atomic E-state index is -0.420. The van der Waals surface area contributed by atoms with Gasteiger partial charge in [-0.15, -0.1) is 0 Å². The minimum Gasteiger partial charge on any atom is -0.507 e. The van der Waals surface area contributed by atoms with Gasteiger partial charge >= 0.3 is 0 Å². The average Bonchev–Trinajstić information content (AvgIpc) is 3.04. The number of aromatic nitrogens is 2. The van der Waals surface area contributed by atoms with Gasteiger partial charge in [0.2, 0.25) is 0 Å². The maximum absolute atomic E-state index is 12.1. The Balaban J connectivity index is 1.71. The highest BCUT2D eigenvalue weighted by Crippen LogP contribution is 2.22. The molecule has 0 saturated carbocycles. The standard InChI is InChI=1S/C17H14BrN3O3/c1-10-4-2-3-5-12(10)17-20-15(21-24-17)9-19-16(23)13-8-11(18)6-7-14(13)22/h2-8,22H,9H2,1H3,(H,19,23). The molecule has 0 aliphatic carbocycles. The van der Waals surface area contributed by atoms with Crippen molar-refractivity contribution in [2.75, 3.05) is 0 Å². The van der Waals surface area contributed by atoms with Crippen LogP contribution in [0.25, 0.3) is 11.5 Å². The summed E-state index contributed by atoms with van der Waals surface area (Å²) in [6.45, 7) is 2.05. The second-order valence-electron chi connectivity index (χ2n) is 5.17. The first-order valence-electron chi connectivity index (χ1n) is 7.20. The van der Waals surface area contributed by atoms with Crippen LogP contribution in [-0.4, -0.2) is 21.2 Å². The Hall–Kier alpha value is -2.67. The number of hydrogen-bond acceptors (Lipinski definition) is 5. The molecule has 0 aliphatic rings. The topological polar surface area (TPSA) is 88.2 Å². The molecular weight excluding hydrogens is 374 g/mol. The van der Waals surface area contributed by atoms with Crippen molar-refractivity contribution in [3.05, 3.63) is 63.9 Å². The number of amides is 1. The van der Waals surface area contributed by atoms with Crippen LogP contribution in [-0.2, 0) is 6.54 Å². The molecule has 0 spiro atoms. The van der Waals surface area contributed by atoms with Crippen molar-refractivity contribution >= 4 is 21.8 Å². The Labute approximate surface area is 146 Å². The van der Waals surface area contributed by atoms with Crippen molar-refractivity contribution in [2.45, 2.75) is 13.5 Å². The molecule has 3 aromatic rings. The van der Waals surface area contributed by atoms with Gasteiger partial charge in [0.1, 0.15) is 5.75 Å². The number of phenolic OH excluding ortho intramolecular Hbond substituents is 1.